The number of carbonyl (C=O) groups is 1. The van der Waals surface area contributed by atoms with Gasteiger partial charge in [-0.2, -0.15) is 0 Å². The number of hydrogen-bond acceptors (Lipinski definition) is 3. The van der Waals surface area contributed by atoms with Crippen LogP contribution in [-0.2, 0) is 0 Å². The molecule has 0 radical (unpaired) electrons. The maximum atomic E-state index is 11.0. The predicted octanol–water partition coefficient (Wildman–Crippen LogP) is 2.77. The van der Waals surface area contributed by atoms with Crippen LogP contribution in [0, 0.1) is 6.92 Å². The van der Waals surface area contributed by atoms with Gasteiger partial charge < -0.3 is 14.9 Å². The topological polar surface area (TPSA) is 66.8 Å². The number of carboxylic acids is 1. The standard InChI is InChI=1S/C15H20O4/c1-10-7-8-11(15(17)18)9-14(10)19-13-6-4-2-3-5-12(13)16/h7-9,12-13,16H,2-6H2,1H3,(H,17,18). The van der Waals surface area contributed by atoms with Crippen molar-refractivity contribution >= 4 is 5.97 Å². The first-order valence-electron chi connectivity index (χ1n) is 6.76. The van der Waals surface area contributed by atoms with Gasteiger partial charge in [0.15, 0.2) is 0 Å². The van der Waals surface area contributed by atoms with Crippen LogP contribution in [0.3, 0.4) is 0 Å². The molecule has 4 nitrogen and oxygen atoms in total. The normalized spacial score (nSPS) is 23.7. The summed E-state index contributed by atoms with van der Waals surface area (Å²) in [5, 5.41) is 19.0. The zero-order valence-corrected chi connectivity index (χ0v) is 11.1. The molecule has 2 atom stereocenters. The molecule has 0 spiro atoms. The van der Waals surface area contributed by atoms with E-state index in [1.54, 1.807) is 12.1 Å². The lowest BCUT2D eigenvalue weighted by molar-refractivity contribution is 0.0315. The predicted molar refractivity (Wildman–Crippen MR) is 71.6 cm³/mol. The molecule has 19 heavy (non-hydrogen) atoms. The number of aromatic carboxylic acids is 1. The highest BCUT2D eigenvalue weighted by molar-refractivity contribution is 5.88. The molecule has 1 aliphatic rings. The van der Waals surface area contributed by atoms with Crippen molar-refractivity contribution in [3.8, 4) is 5.75 Å². The van der Waals surface area contributed by atoms with E-state index < -0.39 is 12.1 Å². The molecule has 2 unspecified atom stereocenters. The van der Waals surface area contributed by atoms with Crippen LogP contribution < -0.4 is 4.74 Å². The fourth-order valence-electron chi connectivity index (χ4n) is 2.41. The Morgan fingerprint density at radius 3 is 2.74 bits per heavy atom. The summed E-state index contributed by atoms with van der Waals surface area (Å²) in [4.78, 5) is 11.0. The Morgan fingerprint density at radius 1 is 1.26 bits per heavy atom. The van der Waals surface area contributed by atoms with Crippen molar-refractivity contribution in [2.45, 2.75) is 51.2 Å². The Labute approximate surface area is 113 Å². The van der Waals surface area contributed by atoms with Crippen LogP contribution in [-0.4, -0.2) is 28.4 Å². The van der Waals surface area contributed by atoms with E-state index in [1.807, 2.05) is 6.92 Å². The summed E-state index contributed by atoms with van der Waals surface area (Å²) in [5.74, 6) is -0.405. The van der Waals surface area contributed by atoms with Crippen molar-refractivity contribution in [3.05, 3.63) is 29.3 Å². The lowest BCUT2D eigenvalue weighted by Crippen LogP contribution is -2.30. The molecule has 0 amide bonds. The minimum absolute atomic E-state index is 0.212. The third kappa shape index (κ3) is 3.47. The number of hydrogen-bond donors (Lipinski definition) is 2. The first-order valence-corrected chi connectivity index (χ1v) is 6.76. The van der Waals surface area contributed by atoms with Crippen molar-refractivity contribution in [2.75, 3.05) is 0 Å². The van der Waals surface area contributed by atoms with Crippen LogP contribution in [0.15, 0.2) is 18.2 Å². The van der Waals surface area contributed by atoms with Gasteiger partial charge in [0.2, 0.25) is 0 Å². The van der Waals surface area contributed by atoms with E-state index in [0.29, 0.717) is 5.75 Å². The molecule has 1 saturated carbocycles. The Hall–Kier alpha value is -1.55. The van der Waals surface area contributed by atoms with Crippen LogP contribution in [0.2, 0.25) is 0 Å². The molecular formula is C15H20O4. The molecule has 104 valence electrons. The summed E-state index contributed by atoms with van der Waals surface area (Å²) in [6.45, 7) is 1.88. The largest absolute Gasteiger partial charge is 0.487 e. The van der Waals surface area contributed by atoms with Crippen LogP contribution in [0.5, 0.6) is 5.75 Å². The summed E-state index contributed by atoms with van der Waals surface area (Å²) in [7, 11) is 0. The zero-order chi connectivity index (χ0) is 13.8. The summed E-state index contributed by atoms with van der Waals surface area (Å²) >= 11 is 0. The average molecular weight is 264 g/mol. The van der Waals surface area contributed by atoms with E-state index in [-0.39, 0.29) is 11.7 Å². The molecule has 1 aromatic carbocycles. The molecule has 1 fully saturated rings. The number of aryl methyl sites for hydroxylation is 1. The van der Waals surface area contributed by atoms with E-state index in [0.717, 1.165) is 37.7 Å². The number of rotatable bonds is 3. The van der Waals surface area contributed by atoms with Gasteiger partial charge in [-0.05, 0) is 43.9 Å². The SMILES string of the molecule is Cc1ccc(C(=O)O)cc1OC1CCCCCC1O. The second-order valence-electron chi connectivity index (χ2n) is 5.15. The molecule has 1 aromatic rings. The zero-order valence-electron chi connectivity index (χ0n) is 11.1. The van der Waals surface area contributed by atoms with Gasteiger partial charge in [-0.1, -0.05) is 18.9 Å². The highest BCUT2D eigenvalue weighted by atomic mass is 16.5. The van der Waals surface area contributed by atoms with Crippen LogP contribution in [0.25, 0.3) is 0 Å². The van der Waals surface area contributed by atoms with Gasteiger partial charge in [-0.3, -0.25) is 0 Å². The molecule has 0 aliphatic heterocycles. The number of carboxylic acid groups (broad SMARTS) is 1. The Kier molecular flexibility index (Phi) is 4.43. The van der Waals surface area contributed by atoms with E-state index in [1.165, 1.54) is 6.07 Å². The fraction of sp³-hybridized carbons (Fsp3) is 0.533. The van der Waals surface area contributed by atoms with Gasteiger partial charge in [0.1, 0.15) is 11.9 Å². The van der Waals surface area contributed by atoms with Crippen molar-refractivity contribution in [1.82, 2.24) is 0 Å². The summed E-state index contributed by atoms with van der Waals surface area (Å²) in [5.41, 5.74) is 1.10. The number of aliphatic hydroxyl groups excluding tert-OH is 1. The molecule has 1 aliphatic carbocycles. The lowest BCUT2D eigenvalue weighted by atomic mass is 10.1. The van der Waals surface area contributed by atoms with Crippen molar-refractivity contribution < 1.29 is 19.7 Å². The summed E-state index contributed by atoms with van der Waals surface area (Å²) in [6.07, 6.45) is 4.06. The summed E-state index contributed by atoms with van der Waals surface area (Å²) < 4.78 is 5.86. The second kappa shape index (κ2) is 6.06. The Bertz CT molecular complexity index is 455. The van der Waals surface area contributed by atoms with Gasteiger partial charge in [0.25, 0.3) is 0 Å². The quantitative estimate of drug-likeness (QED) is 0.824. The van der Waals surface area contributed by atoms with Crippen molar-refractivity contribution in [2.24, 2.45) is 0 Å². The fourth-order valence-corrected chi connectivity index (χ4v) is 2.41. The molecule has 0 bridgehead atoms. The lowest BCUT2D eigenvalue weighted by Gasteiger charge is -2.23. The van der Waals surface area contributed by atoms with E-state index in [4.69, 9.17) is 9.84 Å². The van der Waals surface area contributed by atoms with Crippen LogP contribution in [0.1, 0.15) is 48.0 Å². The van der Waals surface area contributed by atoms with E-state index in [9.17, 15) is 9.90 Å². The van der Waals surface area contributed by atoms with E-state index >= 15 is 0 Å². The Morgan fingerprint density at radius 2 is 2.00 bits per heavy atom. The third-order valence-electron chi connectivity index (χ3n) is 3.63. The third-order valence-corrected chi connectivity index (χ3v) is 3.63. The van der Waals surface area contributed by atoms with E-state index in [2.05, 4.69) is 0 Å². The highest BCUT2D eigenvalue weighted by Gasteiger charge is 2.24. The van der Waals surface area contributed by atoms with Crippen molar-refractivity contribution in [3.63, 3.8) is 0 Å². The Balaban J connectivity index is 2.16. The smallest absolute Gasteiger partial charge is 0.335 e. The molecule has 4 heteroatoms. The maximum Gasteiger partial charge on any atom is 0.335 e. The molecule has 2 N–H and O–H groups in total. The minimum Gasteiger partial charge on any atom is -0.487 e. The van der Waals surface area contributed by atoms with Gasteiger partial charge in [0.05, 0.1) is 11.7 Å². The minimum atomic E-state index is -0.966. The monoisotopic (exact) mass is 264 g/mol. The second-order valence-corrected chi connectivity index (χ2v) is 5.15. The highest BCUT2D eigenvalue weighted by Crippen LogP contribution is 2.26. The molecule has 0 saturated heterocycles. The molecule has 0 heterocycles. The number of benzene rings is 1. The molecule has 2 rings (SSSR count). The van der Waals surface area contributed by atoms with Gasteiger partial charge >= 0.3 is 5.97 Å². The first-order chi connectivity index (χ1) is 9.08. The number of ether oxygens (including phenoxy) is 1. The average Bonchev–Trinajstić information content (AvgIpc) is 2.57. The number of aliphatic hydroxyl groups is 1. The van der Waals surface area contributed by atoms with Crippen LogP contribution in [0.4, 0.5) is 0 Å². The van der Waals surface area contributed by atoms with Crippen LogP contribution >= 0.6 is 0 Å². The molecular weight excluding hydrogens is 244 g/mol. The molecule has 0 aromatic heterocycles. The van der Waals surface area contributed by atoms with Gasteiger partial charge in [-0.25, -0.2) is 4.79 Å². The first kappa shape index (κ1) is 13.9. The van der Waals surface area contributed by atoms with Crippen molar-refractivity contribution in [1.29, 1.82) is 0 Å². The maximum absolute atomic E-state index is 11.0. The summed E-state index contributed by atoms with van der Waals surface area (Å²) in [6, 6.07) is 4.84. The van der Waals surface area contributed by atoms with Gasteiger partial charge in [0, 0.05) is 0 Å². The van der Waals surface area contributed by atoms with Gasteiger partial charge in [-0.15, -0.1) is 0 Å².